The molecule has 2 heterocycles. The van der Waals surface area contributed by atoms with Crippen molar-refractivity contribution in [3.8, 4) is 0 Å². The van der Waals surface area contributed by atoms with Crippen LogP contribution < -0.4 is 0 Å². The Morgan fingerprint density at radius 2 is 0.760 bits per heavy atom. The first-order valence-corrected chi connectivity index (χ1v) is 8.89. The summed E-state index contributed by atoms with van der Waals surface area (Å²) < 4.78 is 4.58. The molecule has 1 nitrogen and oxygen atoms in total. The van der Waals surface area contributed by atoms with Gasteiger partial charge in [-0.2, -0.15) is 11.3 Å². The SMILES string of the molecule is C.C.CC.CC.CC.[B].c1ccccc1.c1ccoc1.c1ccsc1. The number of hydrogen-bond donors (Lipinski definition) is 0. The molecule has 2 aromatic heterocycles. The molecule has 3 heteroatoms. The summed E-state index contributed by atoms with van der Waals surface area (Å²) in [5.41, 5.74) is 0. The summed E-state index contributed by atoms with van der Waals surface area (Å²) in [6.07, 6.45) is 3.25. The summed E-state index contributed by atoms with van der Waals surface area (Å²) in [4.78, 5) is 0. The van der Waals surface area contributed by atoms with Crippen LogP contribution in [0.3, 0.4) is 0 Å². The Bertz CT molecular complexity index is 309. The molecule has 0 atom stereocenters. The van der Waals surface area contributed by atoms with Crippen molar-refractivity contribution >= 4 is 19.7 Å². The quantitative estimate of drug-likeness (QED) is 0.364. The highest BCUT2D eigenvalue weighted by Gasteiger charge is 1.59. The van der Waals surface area contributed by atoms with E-state index in [9.17, 15) is 0 Å². The number of benzene rings is 1. The highest BCUT2D eigenvalue weighted by molar-refractivity contribution is 7.07. The average Bonchev–Trinajstić information content (AvgIpc) is 3.40. The molecule has 3 aromatic rings. The summed E-state index contributed by atoms with van der Waals surface area (Å²) in [6, 6.07) is 19.7. The molecule has 0 saturated carbocycles. The molecule has 0 spiro atoms. The molecule has 143 valence electrons. The molecule has 0 aliphatic heterocycles. The van der Waals surface area contributed by atoms with Gasteiger partial charge in [0.15, 0.2) is 0 Å². The molecule has 0 bridgehead atoms. The third kappa shape index (κ3) is 44.9. The van der Waals surface area contributed by atoms with E-state index in [1.54, 1.807) is 23.9 Å². The maximum Gasteiger partial charge on any atom is 0.0902 e. The van der Waals surface area contributed by atoms with Gasteiger partial charge in [0.1, 0.15) is 0 Å². The Kier molecular flexibility index (Phi) is 76.6. The predicted octanol–water partition coefficient (Wildman–Crippen LogP) is 8.68. The van der Waals surface area contributed by atoms with Gasteiger partial charge in [-0.05, 0) is 22.9 Å². The molecule has 0 aliphatic carbocycles. The van der Waals surface area contributed by atoms with Crippen molar-refractivity contribution in [2.45, 2.75) is 56.4 Å². The van der Waals surface area contributed by atoms with Gasteiger partial charge in [-0.15, -0.1) is 0 Å². The standard InChI is InChI=1S/C6H6.C4H4O.C4H4S.3C2H6.2CH4.B/c1-2-4-6-5-3-1;2*1-2-4-5-3-1;3*1-2;;;/h1-6H;2*1-4H;3*1-2H3;2*1H4;. The molecule has 25 heavy (non-hydrogen) atoms. The molecular weight excluding hydrogens is 323 g/mol. The Morgan fingerprint density at radius 1 is 0.480 bits per heavy atom. The predicted molar refractivity (Wildman–Crippen MR) is 123 cm³/mol. The molecule has 0 N–H and O–H groups in total. The third-order valence-electron chi connectivity index (χ3n) is 1.52. The minimum Gasteiger partial charge on any atom is -0.473 e. The second kappa shape index (κ2) is 49.5. The van der Waals surface area contributed by atoms with Crippen LogP contribution in [-0.4, -0.2) is 8.41 Å². The van der Waals surface area contributed by atoms with Gasteiger partial charge in [0.2, 0.25) is 0 Å². The van der Waals surface area contributed by atoms with E-state index in [1.807, 2.05) is 113 Å². The van der Waals surface area contributed by atoms with Gasteiger partial charge in [-0.3, -0.25) is 0 Å². The van der Waals surface area contributed by atoms with Crippen molar-refractivity contribution in [3.63, 3.8) is 0 Å². The molecule has 1 aromatic carbocycles. The van der Waals surface area contributed by atoms with Crippen LogP contribution in [0.15, 0.2) is 88.4 Å². The van der Waals surface area contributed by atoms with Gasteiger partial charge in [-0.25, -0.2) is 0 Å². The van der Waals surface area contributed by atoms with E-state index in [0.717, 1.165) is 0 Å². The van der Waals surface area contributed by atoms with Gasteiger partial charge in [-0.1, -0.05) is 105 Å². The highest BCUT2D eigenvalue weighted by atomic mass is 32.1. The highest BCUT2D eigenvalue weighted by Crippen LogP contribution is 1.91. The topological polar surface area (TPSA) is 13.1 Å². The van der Waals surface area contributed by atoms with Gasteiger partial charge in [0.05, 0.1) is 12.5 Å². The van der Waals surface area contributed by atoms with Crippen molar-refractivity contribution in [1.82, 2.24) is 0 Å². The number of furan rings is 1. The summed E-state index contributed by atoms with van der Waals surface area (Å²) in [5, 5.41) is 4.08. The van der Waals surface area contributed by atoms with Crippen molar-refractivity contribution in [2.24, 2.45) is 0 Å². The van der Waals surface area contributed by atoms with Crippen molar-refractivity contribution in [2.75, 3.05) is 0 Å². The smallest absolute Gasteiger partial charge is 0.0902 e. The summed E-state index contributed by atoms with van der Waals surface area (Å²) in [6.45, 7) is 12.0. The van der Waals surface area contributed by atoms with Crippen LogP contribution in [-0.2, 0) is 0 Å². The second-order valence-electron chi connectivity index (χ2n) is 2.74. The molecule has 3 rings (SSSR count). The fraction of sp³-hybridized carbons (Fsp3) is 0.364. The summed E-state index contributed by atoms with van der Waals surface area (Å²) in [5.74, 6) is 0. The Labute approximate surface area is 164 Å². The van der Waals surface area contributed by atoms with E-state index >= 15 is 0 Å². The van der Waals surface area contributed by atoms with Crippen molar-refractivity contribution in [1.29, 1.82) is 0 Å². The van der Waals surface area contributed by atoms with Crippen LogP contribution in [0.4, 0.5) is 0 Å². The lowest BCUT2D eigenvalue weighted by molar-refractivity contribution is 0.567. The van der Waals surface area contributed by atoms with Crippen LogP contribution >= 0.6 is 11.3 Å². The van der Waals surface area contributed by atoms with E-state index < -0.39 is 0 Å². The van der Waals surface area contributed by atoms with E-state index in [4.69, 9.17) is 0 Å². The van der Waals surface area contributed by atoms with Gasteiger partial charge < -0.3 is 4.42 Å². The number of hydrogen-bond acceptors (Lipinski definition) is 2. The van der Waals surface area contributed by atoms with E-state index in [0.29, 0.717) is 0 Å². The van der Waals surface area contributed by atoms with Gasteiger partial charge in [0.25, 0.3) is 0 Å². The zero-order valence-corrected chi connectivity index (χ0v) is 16.3. The third-order valence-corrected chi connectivity index (χ3v) is 2.15. The summed E-state index contributed by atoms with van der Waals surface area (Å²) in [7, 11) is 0. The fourth-order valence-electron chi connectivity index (χ4n) is 0.839. The normalized spacial score (nSPS) is 5.84. The minimum absolute atomic E-state index is 0. The maximum atomic E-state index is 4.58. The number of rotatable bonds is 0. The monoisotopic (exact) mass is 363 g/mol. The Balaban J connectivity index is -0.0000000449. The Hall–Kier alpha value is -1.74. The fourth-order valence-corrected chi connectivity index (χ4v) is 1.29. The largest absolute Gasteiger partial charge is 0.473 e. The molecular formula is C22H40BOS. The molecule has 0 fully saturated rings. The number of thiophene rings is 1. The first kappa shape index (κ1) is 38.7. The second-order valence-corrected chi connectivity index (χ2v) is 3.56. The molecule has 0 aliphatic rings. The van der Waals surface area contributed by atoms with Crippen LogP contribution in [0, 0.1) is 0 Å². The summed E-state index contributed by atoms with van der Waals surface area (Å²) >= 11 is 1.71. The van der Waals surface area contributed by atoms with Crippen LogP contribution in [0.2, 0.25) is 0 Å². The Morgan fingerprint density at radius 3 is 0.880 bits per heavy atom. The van der Waals surface area contributed by atoms with Crippen LogP contribution in [0.1, 0.15) is 56.4 Å². The zero-order valence-electron chi connectivity index (χ0n) is 15.5. The average molecular weight is 363 g/mol. The molecule has 0 amide bonds. The minimum atomic E-state index is 0. The van der Waals surface area contributed by atoms with E-state index in [-0.39, 0.29) is 23.3 Å². The van der Waals surface area contributed by atoms with Crippen LogP contribution in [0.5, 0.6) is 0 Å². The zero-order chi connectivity index (χ0) is 17.3. The van der Waals surface area contributed by atoms with E-state index in [1.165, 1.54) is 0 Å². The van der Waals surface area contributed by atoms with Crippen molar-refractivity contribution < 1.29 is 4.42 Å². The van der Waals surface area contributed by atoms with Crippen molar-refractivity contribution in [3.05, 3.63) is 84.0 Å². The molecule has 0 unspecified atom stereocenters. The maximum absolute atomic E-state index is 4.58. The first-order valence-electron chi connectivity index (χ1n) is 7.94. The molecule has 3 radical (unpaired) electrons. The van der Waals surface area contributed by atoms with E-state index in [2.05, 4.69) is 4.42 Å². The van der Waals surface area contributed by atoms with Gasteiger partial charge in [0, 0.05) is 8.41 Å². The lowest BCUT2D eigenvalue weighted by atomic mass is 10.4. The lowest BCUT2D eigenvalue weighted by Crippen LogP contribution is -1.47. The lowest BCUT2D eigenvalue weighted by Gasteiger charge is -1.69. The first-order chi connectivity index (χ1) is 11.0. The van der Waals surface area contributed by atoms with Gasteiger partial charge >= 0.3 is 0 Å². The molecule has 0 saturated heterocycles. The van der Waals surface area contributed by atoms with Crippen LogP contribution in [0.25, 0.3) is 0 Å².